The lowest BCUT2D eigenvalue weighted by Gasteiger charge is -2.21. The number of nitrogens with zero attached hydrogens (tertiary/aromatic N) is 4. The van der Waals surface area contributed by atoms with Gasteiger partial charge in [-0.2, -0.15) is 4.98 Å². The first-order valence-corrected chi connectivity index (χ1v) is 9.62. The fourth-order valence-corrected chi connectivity index (χ4v) is 4.48. The van der Waals surface area contributed by atoms with E-state index in [1.54, 1.807) is 12.4 Å². The number of aromatic nitrogens is 4. The molecule has 0 radical (unpaired) electrons. The SMILES string of the molecule is O=C(NCCC1C2CN(c3nc(Cl)ncc3F)CC12)c1cc2cnccc2[nH]1. The quantitative estimate of drug-likeness (QED) is 0.643. The molecule has 2 fully saturated rings. The van der Waals surface area contributed by atoms with Crippen molar-refractivity contribution in [1.29, 1.82) is 0 Å². The summed E-state index contributed by atoms with van der Waals surface area (Å²) in [7, 11) is 0. The molecular weight excluding hydrogens is 383 g/mol. The Balaban J connectivity index is 1.12. The van der Waals surface area contributed by atoms with E-state index in [1.807, 2.05) is 17.0 Å². The summed E-state index contributed by atoms with van der Waals surface area (Å²) in [5, 5.41) is 3.96. The van der Waals surface area contributed by atoms with E-state index < -0.39 is 5.82 Å². The van der Waals surface area contributed by atoms with E-state index in [9.17, 15) is 9.18 Å². The van der Waals surface area contributed by atoms with Gasteiger partial charge in [0.05, 0.1) is 6.20 Å². The molecule has 2 atom stereocenters. The van der Waals surface area contributed by atoms with Crippen LogP contribution >= 0.6 is 11.6 Å². The van der Waals surface area contributed by atoms with E-state index in [-0.39, 0.29) is 17.0 Å². The highest BCUT2D eigenvalue weighted by molar-refractivity contribution is 6.28. The molecule has 1 aliphatic heterocycles. The summed E-state index contributed by atoms with van der Waals surface area (Å²) in [4.78, 5) is 29.1. The Morgan fingerprint density at radius 2 is 2.18 bits per heavy atom. The number of H-pyrrole nitrogens is 1. The highest BCUT2D eigenvalue weighted by Crippen LogP contribution is 2.54. The molecule has 1 saturated carbocycles. The van der Waals surface area contributed by atoms with Gasteiger partial charge in [-0.15, -0.1) is 0 Å². The smallest absolute Gasteiger partial charge is 0.267 e. The molecule has 1 amide bonds. The van der Waals surface area contributed by atoms with Gasteiger partial charge in [-0.25, -0.2) is 9.37 Å². The van der Waals surface area contributed by atoms with Crippen LogP contribution in [0.25, 0.3) is 10.9 Å². The Bertz CT molecular complexity index is 1010. The van der Waals surface area contributed by atoms with Crippen LogP contribution in [0, 0.1) is 23.6 Å². The van der Waals surface area contributed by atoms with Gasteiger partial charge in [-0.1, -0.05) is 0 Å². The van der Waals surface area contributed by atoms with E-state index in [0.29, 0.717) is 30.0 Å². The first kappa shape index (κ1) is 17.4. The van der Waals surface area contributed by atoms with E-state index in [1.165, 1.54) is 0 Å². The summed E-state index contributed by atoms with van der Waals surface area (Å²) in [6, 6.07) is 3.65. The highest BCUT2D eigenvalue weighted by atomic mass is 35.5. The zero-order valence-electron chi connectivity index (χ0n) is 14.9. The number of rotatable bonds is 5. The topological polar surface area (TPSA) is 86.8 Å². The van der Waals surface area contributed by atoms with Gasteiger partial charge in [0.1, 0.15) is 5.69 Å². The number of halogens is 2. The van der Waals surface area contributed by atoms with Crippen LogP contribution in [0.1, 0.15) is 16.9 Å². The number of hydrogen-bond donors (Lipinski definition) is 2. The maximum atomic E-state index is 13.9. The molecule has 28 heavy (non-hydrogen) atoms. The third kappa shape index (κ3) is 3.07. The Hall–Kier alpha value is -2.74. The predicted octanol–water partition coefficient (Wildman–Crippen LogP) is 2.65. The van der Waals surface area contributed by atoms with Crippen molar-refractivity contribution >= 4 is 34.2 Å². The number of aromatic amines is 1. The zero-order chi connectivity index (χ0) is 19.3. The molecule has 144 valence electrons. The molecule has 2 N–H and O–H groups in total. The number of fused-ring (bicyclic) bond motifs is 2. The maximum Gasteiger partial charge on any atom is 0.267 e. The molecule has 5 rings (SSSR count). The number of piperidine rings is 1. The van der Waals surface area contributed by atoms with Gasteiger partial charge in [0.2, 0.25) is 5.28 Å². The van der Waals surface area contributed by atoms with Crippen molar-refractivity contribution in [3.05, 3.63) is 47.5 Å². The molecule has 3 aromatic heterocycles. The number of nitrogens with one attached hydrogen (secondary N) is 2. The van der Waals surface area contributed by atoms with E-state index in [4.69, 9.17) is 11.6 Å². The molecule has 0 aromatic carbocycles. The maximum absolute atomic E-state index is 13.9. The first-order chi connectivity index (χ1) is 13.6. The standard InChI is InChI=1S/C19H18ClFN6O/c20-19-24-7-14(21)17(26-19)27-8-12-11(13(12)9-27)1-4-23-18(28)16-5-10-6-22-3-2-15(10)25-16/h2-3,5-7,11-13,25H,1,4,8-9H2,(H,23,28). The molecule has 0 spiro atoms. The molecule has 2 unspecified atom stereocenters. The Labute approximate surface area is 165 Å². The number of carbonyl (C=O) groups is 1. The van der Waals surface area contributed by atoms with Crippen LogP contribution in [0.4, 0.5) is 10.2 Å². The lowest BCUT2D eigenvalue weighted by atomic mass is 10.2. The molecule has 1 saturated heterocycles. The highest BCUT2D eigenvalue weighted by Gasteiger charge is 2.55. The van der Waals surface area contributed by atoms with Crippen LogP contribution < -0.4 is 10.2 Å². The van der Waals surface area contributed by atoms with Crippen LogP contribution in [-0.2, 0) is 0 Å². The van der Waals surface area contributed by atoms with Crippen molar-refractivity contribution in [3.8, 4) is 0 Å². The van der Waals surface area contributed by atoms with Gasteiger partial charge in [-0.3, -0.25) is 9.78 Å². The summed E-state index contributed by atoms with van der Waals surface area (Å²) in [5.41, 5.74) is 1.44. The Morgan fingerprint density at radius 1 is 1.36 bits per heavy atom. The number of anilines is 1. The minimum absolute atomic E-state index is 0.0593. The number of amides is 1. The lowest BCUT2D eigenvalue weighted by Crippen LogP contribution is -2.28. The third-order valence-corrected chi connectivity index (χ3v) is 5.98. The van der Waals surface area contributed by atoms with Crippen molar-refractivity contribution in [2.45, 2.75) is 6.42 Å². The average Bonchev–Trinajstić information content (AvgIpc) is 3.05. The molecule has 2 aliphatic rings. The van der Waals surface area contributed by atoms with Crippen LogP contribution in [0.3, 0.4) is 0 Å². The molecular formula is C19H18ClFN6O. The molecule has 9 heteroatoms. The second-order valence-corrected chi connectivity index (χ2v) is 7.74. The second-order valence-electron chi connectivity index (χ2n) is 7.40. The minimum atomic E-state index is -0.442. The monoisotopic (exact) mass is 400 g/mol. The molecule has 7 nitrogen and oxygen atoms in total. The van der Waals surface area contributed by atoms with Crippen molar-refractivity contribution in [1.82, 2.24) is 25.3 Å². The summed E-state index contributed by atoms with van der Waals surface area (Å²) >= 11 is 5.78. The van der Waals surface area contributed by atoms with E-state index in [0.717, 1.165) is 36.6 Å². The van der Waals surface area contributed by atoms with Crippen LogP contribution in [-0.4, -0.2) is 45.5 Å². The summed E-state index contributed by atoms with van der Waals surface area (Å²) in [6.07, 6.45) is 5.45. The molecule has 3 aromatic rings. The van der Waals surface area contributed by atoms with Crippen molar-refractivity contribution in [2.24, 2.45) is 17.8 Å². The zero-order valence-corrected chi connectivity index (χ0v) is 15.7. The number of hydrogen-bond acceptors (Lipinski definition) is 5. The first-order valence-electron chi connectivity index (χ1n) is 9.24. The van der Waals surface area contributed by atoms with Crippen LogP contribution in [0.5, 0.6) is 0 Å². The number of pyridine rings is 1. The van der Waals surface area contributed by atoms with Crippen LogP contribution in [0.15, 0.2) is 30.7 Å². The normalized spacial score (nSPS) is 23.1. The molecule has 1 aliphatic carbocycles. The Kier molecular flexibility index (Phi) is 4.16. The summed E-state index contributed by atoms with van der Waals surface area (Å²) in [5.74, 6) is 1.33. The van der Waals surface area contributed by atoms with Gasteiger partial charge in [-0.05, 0) is 47.9 Å². The Morgan fingerprint density at radius 3 is 2.96 bits per heavy atom. The van der Waals surface area contributed by atoms with Gasteiger partial charge in [0.15, 0.2) is 11.6 Å². The molecule has 4 heterocycles. The van der Waals surface area contributed by atoms with Gasteiger partial charge < -0.3 is 15.2 Å². The van der Waals surface area contributed by atoms with Gasteiger partial charge in [0.25, 0.3) is 5.91 Å². The molecule has 0 bridgehead atoms. The van der Waals surface area contributed by atoms with Gasteiger partial charge in [0, 0.05) is 42.9 Å². The summed E-state index contributed by atoms with van der Waals surface area (Å²) in [6.45, 7) is 2.16. The van der Waals surface area contributed by atoms with Gasteiger partial charge >= 0.3 is 0 Å². The fourth-order valence-electron chi connectivity index (χ4n) is 4.35. The predicted molar refractivity (Wildman–Crippen MR) is 103 cm³/mol. The minimum Gasteiger partial charge on any atom is -0.353 e. The van der Waals surface area contributed by atoms with Crippen molar-refractivity contribution in [2.75, 3.05) is 24.5 Å². The fraction of sp³-hybridized carbons (Fsp3) is 0.368. The largest absolute Gasteiger partial charge is 0.353 e. The second kappa shape index (κ2) is 6.70. The third-order valence-electron chi connectivity index (χ3n) is 5.80. The lowest BCUT2D eigenvalue weighted by molar-refractivity contribution is 0.0948. The number of carbonyl (C=O) groups excluding carboxylic acids is 1. The van der Waals surface area contributed by atoms with Crippen LogP contribution in [0.2, 0.25) is 5.28 Å². The average molecular weight is 401 g/mol. The van der Waals surface area contributed by atoms with E-state index in [2.05, 4.69) is 25.3 Å². The van der Waals surface area contributed by atoms with Crippen molar-refractivity contribution in [3.63, 3.8) is 0 Å². The summed E-state index contributed by atoms with van der Waals surface area (Å²) < 4.78 is 13.9. The van der Waals surface area contributed by atoms with Crippen molar-refractivity contribution < 1.29 is 9.18 Å². The van der Waals surface area contributed by atoms with E-state index >= 15 is 0 Å².